The van der Waals surface area contributed by atoms with Gasteiger partial charge in [0.1, 0.15) is 11.6 Å². The van der Waals surface area contributed by atoms with Crippen molar-refractivity contribution in [3.8, 4) is 11.3 Å². The fourth-order valence-corrected chi connectivity index (χ4v) is 2.02. The van der Waals surface area contributed by atoms with Gasteiger partial charge >= 0.3 is 0 Å². The maximum absolute atomic E-state index is 6.01. The quantitative estimate of drug-likeness (QED) is 0.918. The van der Waals surface area contributed by atoms with Gasteiger partial charge in [-0.05, 0) is 25.5 Å². The highest BCUT2D eigenvalue weighted by molar-refractivity contribution is 6.30. The van der Waals surface area contributed by atoms with Crippen LogP contribution in [-0.4, -0.2) is 9.97 Å². The Kier molecular flexibility index (Phi) is 3.82. The normalized spacial score (nSPS) is 10.6. The van der Waals surface area contributed by atoms with E-state index in [4.69, 9.17) is 17.3 Å². The maximum atomic E-state index is 6.01. The zero-order valence-electron chi connectivity index (χ0n) is 10.6. The van der Waals surface area contributed by atoms with E-state index in [-0.39, 0.29) is 0 Å². The number of nitrogens with zero attached hydrogens (tertiary/aromatic N) is 2. The highest BCUT2D eigenvalue weighted by atomic mass is 35.5. The second-order valence-corrected chi connectivity index (χ2v) is 4.70. The van der Waals surface area contributed by atoms with E-state index < -0.39 is 0 Å². The molecule has 0 spiro atoms. The van der Waals surface area contributed by atoms with Crippen LogP contribution >= 0.6 is 11.6 Å². The first-order valence-corrected chi connectivity index (χ1v) is 6.38. The minimum Gasteiger partial charge on any atom is -0.383 e. The highest BCUT2D eigenvalue weighted by Crippen LogP contribution is 2.26. The molecule has 0 fully saturated rings. The Morgan fingerprint density at radius 2 is 2.06 bits per heavy atom. The van der Waals surface area contributed by atoms with E-state index in [1.54, 1.807) is 0 Å². The number of anilines is 1. The van der Waals surface area contributed by atoms with Crippen molar-refractivity contribution in [2.24, 2.45) is 0 Å². The number of hydrogen-bond acceptors (Lipinski definition) is 3. The molecule has 94 valence electrons. The van der Waals surface area contributed by atoms with Crippen molar-refractivity contribution in [2.45, 2.75) is 26.7 Å². The summed E-state index contributed by atoms with van der Waals surface area (Å²) in [6.07, 6.45) is 1.83. The number of benzene rings is 1. The molecular weight excluding hydrogens is 246 g/mol. The van der Waals surface area contributed by atoms with Crippen LogP contribution in [0.1, 0.15) is 24.7 Å². The smallest absolute Gasteiger partial charge is 0.131 e. The molecule has 0 radical (unpaired) electrons. The minimum atomic E-state index is 0.545. The summed E-state index contributed by atoms with van der Waals surface area (Å²) in [5, 5.41) is 0.695. The average molecular weight is 262 g/mol. The largest absolute Gasteiger partial charge is 0.383 e. The van der Waals surface area contributed by atoms with Crippen LogP contribution in [0.4, 0.5) is 5.82 Å². The van der Waals surface area contributed by atoms with Gasteiger partial charge in [-0.1, -0.05) is 30.7 Å². The Balaban J connectivity index is 2.55. The lowest BCUT2D eigenvalue weighted by molar-refractivity contribution is 0.836. The first-order chi connectivity index (χ1) is 8.61. The second-order valence-electron chi connectivity index (χ2n) is 4.26. The molecule has 4 heteroatoms. The summed E-state index contributed by atoms with van der Waals surface area (Å²) >= 11 is 6.01. The fourth-order valence-electron chi connectivity index (χ4n) is 1.83. The number of hydrogen-bond donors (Lipinski definition) is 1. The molecule has 2 N–H and O–H groups in total. The molecule has 1 aromatic heterocycles. The number of nitrogen functional groups attached to an aromatic ring is 1. The highest BCUT2D eigenvalue weighted by Gasteiger charge is 2.10. The van der Waals surface area contributed by atoms with Gasteiger partial charge in [0.25, 0.3) is 0 Å². The van der Waals surface area contributed by atoms with Crippen molar-refractivity contribution < 1.29 is 0 Å². The van der Waals surface area contributed by atoms with Crippen LogP contribution in [0.15, 0.2) is 24.3 Å². The van der Waals surface area contributed by atoms with Gasteiger partial charge in [-0.2, -0.15) is 0 Å². The SMILES string of the molecule is CCCc1nc(N)c(C)c(-c2cccc(Cl)c2)n1. The molecule has 1 heterocycles. The molecule has 2 rings (SSSR count). The van der Waals surface area contributed by atoms with Crippen LogP contribution in [0.5, 0.6) is 0 Å². The third-order valence-corrected chi connectivity index (χ3v) is 3.04. The van der Waals surface area contributed by atoms with Crippen LogP contribution in [0.2, 0.25) is 5.02 Å². The number of aryl methyl sites for hydroxylation is 1. The predicted molar refractivity (Wildman–Crippen MR) is 75.6 cm³/mol. The first kappa shape index (κ1) is 12.8. The van der Waals surface area contributed by atoms with Crippen molar-refractivity contribution in [3.05, 3.63) is 40.7 Å². The van der Waals surface area contributed by atoms with Crippen LogP contribution in [0.25, 0.3) is 11.3 Å². The van der Waals surface area contributed by atoms with E-state index in [1.165, 1.54) is 0 Å². The van der Waals surface area contributed by atoms with E-state index in [0.717, 1.165) is 35.5 Å². The zero-order valence-corrected chi connectivity index (χ0v) is 11.3. The standard InChI is InChI=1S/C14H16ClN3/c1-3-5-12-17-13(9(2)14(16)18-12)10-6-4-7-11(15)8-10/h4,6-8H,3,5H2,1-2H3,(H2,16,17,18). The topological polar surface area (TPSA) is 51.8 Å². The molecule has 1 aromatic carbocycles. The number of aromatic nitrogens is 2. The Bertz CT molecular complexity index is 567. The van der Waals surface area contributed by atoms with Crippen molar-refractivity contribution in [1.82, 2.24) is 9.97 Å². The summed E-state index contributed by atoms with van der Waals surface area (Å²) in [6, 6.07) is 7.63. The van der Waals surface area contributed by atoms with Gasteiger partial charge in [0.2, 0.25) is 0 Å². The summed E-state index contributed by atoms with van der Waals surface area (Å²) in [4.78, 5) is 8.89. The van der Waals surface area contributed by atoms with Crippen LogP contribution < -0.4 is 5.73 Å². The third kappa shape index (κ3) is 2.62. The zero-order chi connectivity index (χ0) is 13.1. The van der Waals surface area contributed by atoms with E-state index in [1.807, 2.05) is 31.2 Å². The molecule has 0 bridgehead atoms. The van der Waals surface area contributed by atoms with Gasteiger partial charge < -0.3 is 5.73 Å². The van der Waals surface area contributed by atoms with E-state index in [0.29, 0.717) is 10.8 Å². The second kappa shape index (κ2) is 5.36. The van der Waals surface area contributed by atoms with Crippen LogP contribution in [0, 0.1) is 6.92 Å². The number of halogens is 1. The predicted octanol–water partition coefficient (Wildman–Crippen LogP) is 3.64. The molecule has 0 amide bonds. The van der Waals surface area contributed by atoms with E-state index >= 15 is 0 Å². The Morgan fingerprint density at radius 1 is 1.28 bits per heavy atom. The molecule has 0 aliphatic rings. The van der Waals surface area contributed by atoms with E-state index in [9.17, 15) is 0 Å². The molecule has 2 aromatic rings. The molecule has 0 saturated heterocycles. The van der Waals surface area contributed by atoms with Crippen molar-refractivity contribution in [2.75, 3.05) is 5.73 Å². The van der Waals surface area contributed by atoms with Gasteiger partial charge in [0.15, 0.2) is 0 Å². The first-order valence-electron chi connectivity index (χ1n) is 6.00. The molecule has 3 nitrogen and oxygen atoms in total. The minimum absolute atomic E-state index is 0.545. The van der Waals surface area contributed by atoms with E-state index in [2.05, 4.69) is 16.9 Å². The number of nitrogens with two attached hydrogens (primary N) is 1. The lowest BCUT2D eigenvalue weighted by Crippen LogP contribution is -2.04. The molecule has 0 saturated carbocycles. The maximum Gasteiger partial charge on any atom is 0.131 e. The monoisotopic (exact) mass is 261 g/mol. The molecule has 0 aliphatic heterocycles. The third-order valence-electron chi connectivity index (χ3n) is 2.80. The number of rotatable bonds is 3. The lowest BCUT2D eigenvalue weighted by Gasteiger charge is -2.10. The Labute approximate surface area is 112 Å². The molecule has 0 unspecified atom stereocenters. The summed E-state index contributed by atoms with van der Waals surface area (Å²) in [6.45, 7) is 4.03. The van der Waals surface area contributed by atoms with Gasteiger partial charge in [-0.25, -0.2) is 9.97 Å². The van der Waals surface area contributed by atoms with Crippen LogP contribution in [-0.2, 0) is 6.42 Å². The van der Waals surface area contributed by atoms with Gasteiger partial charge in [-0.3, -0.25) is 0 Å². The summed E-state index contributed by atoms with van der Waals surface area (Å²) in [7, 11) is 0. The Morgan fingerprint density at radius 3 is 2.72 bits per heavy atom. The van der Waals surface area contributed by atoms with Gasteiger partial charge in [0, 0.05) is 22.6 Å². The molecule has 18 heavy (non-hydrogen) atoms. The summed E-state index contributed by atoms with van der Waals surface area (Å²) in [5.74, 6) is 1.33. The van der Waals surface area contributed by atoms with Crippen molar-refractivity contribution in [1.29, 1.82) is 0 Å². The average Bonchev–Trinajstić information content (AvgIpc) is 2.34. The lowest BCUT2D eigenvalue weighted by atomic mass is 10.1. The van der Waals surface area contributed by atoms with Gasteiger partial charge in [-0.15, -0.1) is 0 Å². The molecular formula is C14H16ClN3. The van der Waals surface area contributed by atoms with Crippen molar-refractivity contribution in [3.63, 3.8) is 0 Å². The fraction of sp³-hybridized carbons (Fsp3) is 0.286. The summed E-state index contributed by atoms with van der Waals surface area (Å²) in [5.41, 5.74) is 8.69. The van der Waals surface area contributed by atoms with Gasteiger partial charge in [0.05, 0.1) is 5.69 Å². The van der Waals surface area contributed by atoms with Crippen LogP contribution in [0.3, 0.4) is 0 Å². The van der Waals surface area contributed by atoms with Crippen molar-refractivity contribution >= 4 is 17.4 Å². The summed E-state index contributed by atoms with van der Waals surface area (Å²) < 4.78 is 0. The molecule has 0 atom stereocenters. The Hall–Kier alpha value is -1.61. The molecule has 0 aliphatic carbocycles.